The Labute approximate surface area is 223 Å². The van der Waals surface area contributed by atoms with Crippen LogP contribution >= 0.6 is 11.8 Å². The van der Waals surface area contributed by atoms with E-state index in [4.69, 9.17) is 0 Å². The molecular formula is C26H39F3N2O4S2. The molecule has 0 fully saturated rings. The van der Waals surface area contributed by atoms with Crippen molar-refractivity contribution in [3.05, 3.63) is 53.0 Å². The van der Waals surface area contributed by atoms with E-state index in [2.05, 4.69) is 11.9 Å². The molecule has 0 saturated heterocycles. The van der Waals surface area contributed by atoms with Crippen LogP contribution in [0.25, 0.3) is 0 Å². The van der Waals surface area contributed by atoms with E-state index in [0.717, 1.165) is 35.2 Å². The molecule has 210 valence electrons. The van der Waals surface area contributed by atoms with Crippen molar-refractivity contribution >= 4 is 28.1 Å². The number of aliphatic hydroxyl groups excluding tert-OH is 1. The van der Waals surface area contributed by atoms with Gasteiger partial charge in [-0.1, -0.05) is 12.7 Å². The van der Waals surface area contributed by atoms with Crippen molar-refractivity contribution in [2.24, 2.45) is 0 Å². The van der Waals surface area contributed by atoms with Crippen LogP contribution < -0.4 is 5.32 Å². The van der Waals surface area contributed by atoms with Crippen molar-refractivity contribution in [2.45, 2.75) is 75.1 Å². The molecule has 0 aliphatic heterocycles. The van der Waals surface area contributed by atoms with E-state index in [-0.39, 0.29) is 37.0 Å². The molecule has 2 N–H and O–H groups in total. The number of hydrogen-bond donors (Lipinski definition) is 2. The lowest BCUT2D eigenvalue weighted by Gasteiger charge is -2.29. The number of rotatable bonds is 17. The Kier molecular flexibility index (Phi) is 13.6. The number of thioether (sulfide) groups is 1. The van der Waals surface area contributed by atoms with Gasteiger partial charge in [0.25, 0.3) is 0 Å². The molecule has 0 saturated carbocycles. The Morgan fingerprint density at radius 2 is 1.92 bits per heavy atom. The molecule has 1 rings (SSSR count). The third kappa shape index (κ3) is 11.7. The first-order chi connectivity index (χ1) is 17.2. The lowest BCUT2D eigenvalue weighted by Crippen LogP contribution is -2.46. The second kappa shape index (κ2) is 15.1. The largest absolute Gasteiger partial charge is 0.416 e. The number of β-amino-alcohol motifs (C(OH)–C–C–N with tert-alkyl or cyclic N) is 1. The highest BCUT2D eigenvalue weighted by Gasteiger charge is 2.33. The fourth-order valence-electron chi connectivity index (χ4n) is 3.72. The van der Waals surface area contributed by atoms with Gasteiger partial charge in [-0.05, 0) is 87.0 Å². The number of allylic oxidation sites excluding steroid dienone is 2. The lowest BCUT2D eigenvalue weighted by molar-refractivity contribution is -0.137. The van der Waals surface area contributed by atoms with Crippen molar-refractivity contribution in [2.75, 3.05) is 26.4 Å². The van der Waals surface area contributed by atoms with Gasteiger partial charge < -0.3 is 15.2 Å². The summed E-state index contributed by atoms with van der Waals surface area (Å²) >= 11 is 1.62. The molecule has 0 heterocycles. The summed E-state index contributed by atoms with van der Waals surface area (Å²) in [5, 5.41) is 15.8. The number of hydrogen-bond acceptors (Lipinski definition) is 6. The molecule has 1 atom stereocenters. The van der Waals surface area contributed by atoms with Crippen molar-refractivity contribution < 1.29 is 31.5 Å². The van der Waals surface area contributed by atoms with Crippen LogP contribution in [0, 0.1) is 0 Å². The number of carbonyl (C=O) groups excluding carboxylic acids is 1. The maximum Gasteiger partial charge on any atom is 0.416 e. The van der Waals surface area contributed by atoms with Crippen molar-refractivity contribution in [3.8, 4) is 0 Å². The average Bonchev–Trinajstić information content (AvgIpc) is 2.81. The maximum atomic E-state index is 13.4. The molecule has 1 unspecified atom stereocenters. The molecule has 11 heteroatoms. The normalized spacial score (nSPS) is 14.1. The van der Waals surface area contributed by atoms with E-state index in [1.54, 1.807) is 11.8 Å². The molecule has 0 bridgehead atoms. The summed E-state index contributed by atoms with van der Waals surface area (Å²) in [5.41, 5.74) is -0.0584. The fourth-order valence-corrected chi connectivity index (χ4v) is 5.55. The van der Waals surface area contributed by atoms with Gasteiger partial charge in [0.15, 0.2) is 0 Å². The smallest absolute Gasteiger partial charge is 0.390 e. The van der Waals surface area contributed by atoms with Gasteiger partial charge in [0.2, 0.25) is 10.0 Å². The Hall–Kier alpha value is -1.66. The number of likely N-dealkylation sites (N-methyl/N-ethyl adjacent to an activating group) is 1. The van der Waals surface area contributed by atoms with E-state index in [1.165, 1.54) is 13.1 Å². The number of aldehydes is 1. The summed E-state index contributed by atoms with van der Waals surface area (Å²) in [7, 11) is -3.07. The van der Waals surface area contributed by atoms with Gasteiger partial charge in [0.1, 0.15) is 6.29 Å². The molecule has 0 aliphatic rings. The van der Waals surface area contributed by atoms with Crippen LogP contribution in [-0.4, -0.2) is 62.2 Å². The summed E-state index contributed by atoms with van der Waals surface area (Å²) < 4.78 is 67.3. The quantitative estimate of drug-likeness (QED) is 0.154. The molecule has 37 heavy (non-hydrogen) atoms. The van der Waals surface area contributed by atoms with E-state index in [9.17, 15) is 31.5 Å². The van der Waals surface area contributed by atoms with Crippen LogP contribution in [0.15, 0.2) is 46.7 Å². The molecule has 1 aromatic carbocycles. The highest BCUT2D eigenvalue weighted by Crippen LogP contribution is 2.33. The molecular weight excluding hydrogens is 525 g/mol. The lowest BCUT2D eigenvalue weighted by atomic mass is 9.95. The molecule has 0 aliphatic carbocycles. The van der Waals surface area contributed by atoms with Gasteiger partial charge >= 0.3 is 6.18 Å². The Morgan fingerprint density at radius 1 is 1.24 bits per heavy atom. The average molecular weight is 565 g/mol. The first-order valence-electron chi connectivity index (χ1n) is 12.0. The van der Waals surface area contributed by atoms with E-state index < -0.39 is 32.8 Å². The van der Waals surface area contributed by atoms with Gasteiger partial charge in [-0.15, -0.1) is 11.8 Å². The summed E-state index contributed by atoms with van der Waals surface area (Å²) in [5.74, 6) is 0. The number of sulfonamides is 1. The van der Waals surface area contributed by atoms with E-state index in [1.807, 2.05) is 31.6 Å². The number of aliphatic hydroxyl groups is 1. The number of aryl methyl sites for hydroxylation is 1. The third-order valence-electron chi connectivity index (χ3n) is 5.87. The van der Waals surface area contributed by atoms with E-state index in [0.29, 0.717) is 18.8 Å². The number of nitrogens with zero attached hydrogens (tertiary/aromatic N) is 1. The van der Waals surface area contributed by atoms with E-state index >= 15 is 0 Å². The second-order valence-corrected chi connectivity index (χ2v) is 12.4. The van der Waals surface area contributed by atoms with Gasteiger partial charge in [-0.3, -0.25) is 0 Å². The van der Waals surface area contributed by atoms with Gasteiger partial charge in [0.05, 0.1) is 16.6 Å². The molecule has 0 spiro atoms. The minimum Gasteiger partial charge on any atom is -0.390 e. The van der Waals surface area contributed by atoms with Crippen molar-refractivity contribution in [3.63, 3.8) is 0 Å². The number of halogens is 3. The highest BCUT2D eigenvalue weighted by atomic mass is 32.2. The Balaban J connectivity index is 2.86. The molecule has 0 amide bonds. The van der Waals surface area contributed by atoms with Gasteiger partial charge in [0, 0.05) is 32.1 Å². The van der Waals surface area contributed by atoms with Crippen molar-refractivity contribution in [1.82, 2.24) is 9.62 Å². The number of nitrogens with one attached hydrogen (secondary N) is 1. The maximum absolute atomic E-state index is 13.4. The molecule has 6 nitrogen and oxygen atoms in total. The van der Waals surface area contributed by atoms with Crippen LogP contribution in [0.2, 0.25) is 0 Å². The van der Waals surface area contributed by atoms with Crippen LogP contribution in [0.3, 0.4) is 0 Å². The van der Waals surface area contributed by atoms with Crippen LogP contribution in [0.5, 0.6) is 0 Å². The van der Waals surface area contributed by atoms with Crippen molar-refractivity contribution in [1.29, 1.82) is 0 Å². The van der Waals surface area contributed by atoms with Crippen LogP contribution in [0.1, 0.15) is 57.1 Å². The number of carbonyl (C=O) groups is 1. The predicted octanol–water partition coefficient (Wildman–Crippen LogP) is 5.18. The van der Waals surface area contributed by atoms with Gasteiger partial charge in [-0.25, -0.2) is 8.42 Å². The number of benzene rings is 1. The SMILES string of the molecule is C=C/C(=C\SC)CCCC(C)(C)NCC(O)CN(C)S(=O)(=O)c1cc(CCCC=O)cc(C(F)(F)F)c1. The minimum absolute atomic E-state index is 0.112. The molecule has 0 radical (unpaired) electrons. The highest BCUT2D eigenvalue weighted by molar-refractivity contribution is 8.01. The summed E-state index contributed by atoms with van der Waals surface area (Å²) in [6.45, 7) is 7.60. The monoisotopic (exact) mass is 564 g/mol. The zero-order valence-electron chi connectivity index (χ0n) is 22.0. The zero-order chi connectivity index (χ0) is 28.3. The number of alkyl halides is 3. The molecule has 1 aromatic rings. The minimum atomic E-state index is -4.73. The standard InChI is InChI=1S/C26H39F3N2O4S2/c1-6-20(19-36-5)11-9-12-25(2,3)30-17-23(33)18-31(4)37(34,35)24-15-21(10-7-8-13-32)14-22(16-24)26(27,28)29/h6,13-16,19,23,30,33H,1,7-12,17-18H2,2-5H3/b20-19+. The number of unbranched alkanes of at least 4 members (excludes halogenated alkanes) is 1. The summed E-state index contributed by atoms with van der Waals surface area (Å²) in [6, 6.07) is 2.70. The first kappa shape index (κ1) is 33.4. The Bertz CT molecular complexity index is 1030. The third-order valence-corrected chi connectivity index (χ3v) is 8.21. The fraction of sp³-hybridized carbons (Fsp3) is 0.577. The second-order valence-electron chi connectivity index (χ2n) is 9.61. The summed E-state index contributed by atoms with van der Waals surface area (Å²) in [6.07, 6.45) is 1.86. The zero-order valence-corrected chi connectivity index (χ0v) is 23.6. The topological polar surface area (TPSA) is 86.7 Å². The van der Waals surface area contributed by atoms with Crippen LogP contribution in [-0.2, 0) is 27.4 Å². The summed E-state index contributed by atoms with van der Waals surface area (Å²) in [4.78, 5) is 10.1. The van der Waals surface area contributed by atoms with Gasteiger partial charge in [-0.2, -0.15) is 17.5 Å². The van der Waals surface area contributed by atoms with Crippen LogP contribution in [0.4, 0.5) is 13.2 Å². The Morgan fingerprint density at radius 3 is 2.49 bits per heavy atom. The molecule has 0 aromatic heterocycles. The first-order valence-corrected chi connectivity index (χ1v) is 14.8. The predicted molar refractivity (Wildman–Crippen MR) is 144 cm³/mol.